The molecule has 0 aliphatic rings. The van der Waals surface area contributed by atoms with Crippen LogP contribution in [0.5, 0.6) is 0 Å². The summed E-state index contributed by atoms with van der Waals surface area (Å²) in [7, 11) is -1.53. The first-order chi connectivity index (χ1) is 5.83. The summed E-state index contributed by atoms with van der Waals surface area (Å²) >= 11 is 0. The molecule has 0 bridgehead atoms. The molecule has 0 saturated heterocycles. The fourth-order valence-corrected chi connectivity index (χ4v) is 1.64. The Balaban J connectivity index is 2.58. The lowest BCUT2D eigenvalue weighted by Crippen LogP contribution is -2.04. The number of hydrogen-bond donors (Lipinski definition) is 1. The van der Waals surface area contributed by atoms with Crippen molar-refractivity contribution < 1.29 is 4.80 Å². The van der Waals surface area contributed by atoms with Crippen LogP contribution in [0.15, 0.2) is 36.0 Å². The number of hydrogen-bond acceptors (Lipinski definition) is 1. The molecule has 0 spiro atoms. The van der Waals surface area contributed by atoms with Gasteiger partial charge in [0, 0.05) is 0 Å². The molecule has 0 aromatic heterocycles. The molecule has 0 aliphatic heterocycles. The maximum absolute atomic E-state index is 9.37. The summed E-state index contributed by atoms with van der Waals surface area (Å²) in [5.41, 5.74) is 3.12. The molecular weight excluding hydrogens is 164 g/mol. The van der Waals surface area contributed by atoms with Crippen LogP contribution in [0.25, 0.3) is 6.08 Å². The second-order valence-electron chi connectivity index (χ2n) is 2.75. The van der Waals surface area contributed by atoms with Crippen molar-refractivity contribution in [2.45, 2.75) is 13.0 Å². The van der Waals surface area contributed by atoms with Gasteiger partial charge in [-0.2, -0.15) is 0 Å². The molecule has 1 aromatic carbocycles. The number of rotatable bonds is 3. The van der Waals surface area contributed by atoms with E-state index in [4.69, 9.17) is 0 Å². The average Bonchev–Trinajstić information content (AvgIpc) is 2.16. The summed E-state index contributed by atoms with van der Waals surface area (Å²) < 4.78 is 0. The fourth-order valence-electron chi connectivity index (χ4n) is 0.922. The third-order valence-electron chi connectivity index (χ3n) is 1.73. The molecular formula is C10H14OSi. The van der Waals surface area contributed by atoms with E-state index in [1.54, 1.807) is 0 Å². The van der Waals surface area contributed by atoms with Gasteiger partial charge < -0.3 is 4.80 Å². The van der Waals surface area contributed by atoms with Crippen LogP contribution >= 0.6 is 0 Å². The van der Waals surface area contributed by atoms with Crippen LogP contribution in [0, 0.1) is 0 Å². The van der Waals surface area contributed by atoms with E-state index in [-0.39, 0.29) is 0 Å². The van der Waals surface area contributed by atoms with E-state index in [2.05, 4.69) is 0 Å². The van der Waals surface area contributed by atoms with Gasteiger partial charge in [0.15, 0.2) is 9.04 Å². The van der Waals surface area contributed by atoms with Crippen LogP contribution in [0.4, 0.5) is 0 Å². The second-order valence-corrected chi connectivity index (χ2v) is 5.08. The van der Waals surface area contributed by atoms with Gasteiger partial charge in [0.05, 0.1) is 0 Å². The van der Waals surface area contributed by atoms with Crippen LogP contribution < -0.4 is 0 Å². The van der Waals surface area contributed by atoms with E-state index in [0.717, 1.165) is 11.6 Å². The molecule has 0 aliphatic carbocycles. The normalized spacial score (nSPS) is 13.5. The van der Waals surface area contributed by atoms with Gasteiger partial charge in [0.2, 0.25) is 0 Å². The molecule has 0 saturated carbocycles. The zero-order valence-electron chi connectivity index (χ0n) is 7.27. The third kappa shape index (κ3) is 3.03. The van der Waals surface area contributed by atoms with Gasteiger partial charge in [-0.05, 0) is 11.6 Å². The van der Waals surface area contributed by atoms with E-state index < -0.39 is 9.04 Å². The van der Waals surface area contributed by atoms with Gasteiger partial charge in [-0.3, -0.25) is 0 Å². The molecule has 1 aromatic rings. The molecule has 12 heavy (non-hydrogen) atoms. The minimum Gasteiger partial charge on any atom is -0.431 e. The van der Waals surface area contributed by atoms with Crippen molar-refractivity contribution in [3.05, 3.63) is 41.6 Å². The molecule has 1 atom stereocenters. The highest BCUT2D eigenvalue weighted by molar-refractivity contribution is 6.56. The first kappa shape index (κ1) is 9.23. The van der Waals surface area contributed by atoms with Crippen LogP contribution in [-0.2, 0) is 0 Å². The van der Waals surface area contributed by atoms with Gasteiger partial charge in [-0.15, -0.1) is 0 Å². The van der Waals surface area contributed by atoms with E-state index in [0.29, 0.717) is 0 Å². The Hall–Kier alpha value is -0.863. The zero-order valence-corrected chi connectivity index (χ0v) is 8.43. The van der Waals surface area contributed by atoms with Crippen molar-refractivity contribution in [2.75, 3.05) is 0 Å². The number of benzene rings is 1. The average molecular weight is 178 g/mol. The van der Waals surface area contributed by atoms with Crippen molar-refractivity contribution in [3.8, 4) is 0 Å². The lowest BCUT2D eigenvalue weighted by Gasteiger charge is -1.96. The topological polar surface area (TPSA) is 20.2 Å². The summed E-state index contributed by atoms with van der Waals surface area (Å²) in [6, 6.07) is 11.0. The van der Waals surface area contributed by atoms with E-state index in [1.165, 1.54) is 0 Å². The van der Waals surface area contributed by atoms with Crippen LogP contribution in [-0.4, -0.2) is 13.8 Å². The first-order valence-electron chi connectivity index (χ1n) is 4.24. The van der Waals surface area contributed by atoms with Crippen LogP contribution in [0.2, 0.25) is 6.04 Å². The molecule has 1 rings (SSSR count). The highest BCUT2D eigenvalue weighted by atomic mass is 28.3. The molecule has 2 heteroatoms. The Morgan fingerprint density at radius 1 is 1.33 bits per heavy atom. The molecule has 64 valence electrons. The Morgan fingerprint density at radius 2 is 2.00 bits per heavy atom. The lowest BCUT2D eigenvalue weighted by molar-refractivity contribution is 0.585. The quantitative estimate of drug-likeness (QED) is 0.702. The van der Waals surface area contributed by atoms with E-state index in [9.17, 15) is 4.80 Å². The van der Waals surface area contributed by atoms with Crippen molar-refractivity contribution in [3.63, 3.8) is 0 Å². The predicted molar refractivity (Wildman–Crippen MR) is 55.3 cm³/mol. The van der Waals surface area contributed by atoms with Gasteiger partial charge in [0.25, 0.3) is 0 Å². The summed E-state index contributed by atoms with van der Waals surface area (Å²) in [4.78, 5) is 9.37. The van der Waals surface area contributed by atoms with Gasteiger partial charge in [-0.25, -0.2) is 0 Å². The highest BCUT2D eigenvalue weighted by Gasteiger charge is 1.95. The standard InChI is InChI=1S/C10H14OSi/c1-2-12(11)9-8-10-6-4-3-5-7-10/h3-9,11-12H,2H2,1H3. The molecule has 1 nitrogen and oxygen atoms in total. The fraction of sp³-hybridized carbons (Fsp3) is 0.200. The zero-order chi connectivity index (χ0) is 8.81. The maximum Gasteiger partial charge on any atom is 0.196 e. The predicted octanol–water partition coefficient (Wildman–Crippen LogP) is 1.97. The molecule has 0 fully saturated rings. The Morgan fingerprint density at radius 3 is 2.58 bits per heavy atom. The van der Waals surface area contributed by atoms with Crippen molar-refractivity contribution >= 4 is 15.1 Å². The summed E-state index contributed by atoms with van der Waals surface area (Å²) in [5.74, 6) is 0. The first-order valence-corrected chi connectivity index (χ1v) is 6.24. The van der Waals surface area contributed by atoms with Crippen LogP contribution in [0.3, 0.4) is 0 Å². The van der Waals surface area contributed by atoms with Crippen molar-refractivity contribution in [1.29, 1.82) is 0 Å². The highest BCUT2D eigenvalue weighted by Crippen LogP contribution is 2.01. The SMILES string of the molecule is CC[SiH](O)C=Cc1ccccc1. The lowest BCUT2D eigenvalue weighted by atomic mass is 10.2. The van der Waals surface area contributed by atoms with Crippen LogP contribution in [0.1, 0.15) is 12.5 Å². The van der Waals surface area contributed by atoms with E-state index in [1.807, 2.05) is 49.0 Å². The minimum absolute atomic E-state index is 0.906. The third-order valence-corrected chi connectivity index (χ3v) is 3.20. The smallest absolute Gasteiger partial charge is 0.196 e. The summed E-state index contributed by atoms with van der Waals surface area (Å²) in [6.07, 6.45) is 2.00. The maximum atomic E-state index is 9.37. The van der Waals surface area contributed by atoms with Gasteiger partial charge >= 0.3 is 0 Å². The van der Waals surface area contributed by atoms with Crippen molar-refractivity contribution in [1.82, 2.24) is 0 Å². The van der Waals surface area contributed by atoms with Crippen molar-refractivity contribution in [2.24, 2.45) is 0 Å². The molecule has 0 amide bonds. The Kier molecular flexibility index (Phi) is 3.77. The molecule has 0 heterocycles. The summed E-state index contributed by atoms with van der Waals surface area (Å²) in [6.45, 7) is 2.02. The van der Waals surface area contributed by atoms with E-state index >= 15 is 0 Å². The Labute approximate surface area is 75.1 Å². The monoisotopic (exact) mass is 178 g/mol. The molecule has 1 unspecified atom stereocenters. The second kappa shape index (κ2) is 4.90. The van der Waals surface area contributed by atoms with Gasteiger partial charge in [-0.1, -0.05) is 49.0 Å². The Bertz CT molecular complexity index is 243. The summed E-state index contributed by atoms with van der Waals surface area (Å²) in [5, 5.41) is 0. The minimum atomic E-state index is -1.53. The molecule has 0 radical (unpaired) electrons. The largest absolute Gasteiger partial charge is 0.431 e. The van der Waals surface area contributed by atoms with Gasteiger partial charge in [0.1, 0.15) is 0 Å². The molecule has 1 N–H and O–H groups in total.